The van der Waals surface area contributed by atoms with Gasteiger partial charge in [0.05, 0.1) is 18.3 Å². The first-order valence-corrected chi connectivity index (χ1v) is 7.22. The Hall–Kier alpha value is -1.95. The first-order chi connectivity index (χ1) is 10.1. The fourth-order valence-electron chi connectivity index (χ4n) is 2.43. The second kappa shape index (κ2) is 6.87. The lowest BCUT2D eigenvalue weighted by molar-refractivity contribution is -0.129. The molecule has 0 aliphatic rings. The van der Waals surface area contributed by atoms with Crippen LogP contribution < -0.4 is 0 Å². The Labute approximate surface area is 131 Å². The number of carbonyl (C=O) groups excluding carboxylic acids is 3. The molecule has 1 aromatic rings. The molecule has 0 bridgehead atoms. The van der Waals surface area contributed by atoms with E-state index in [1.807, 2.05) is 0 Å². The average Bonchev–Trinajstić information content (AvgIpc) is 2.71. The molecule has 1 atom stereocenters. The first kappa shape index (κ1) is 18.1. The van der Waals surface area contributed by atoms with Crippen LogP contribution in [0.5, 0.6) is 0 Å². The highest BCUT2D eigenvalue weighted by Crippen LogP contribution is 2.20. The summed E-state index contributed by atoms with van der Waals surface area (Å²) in [5.74, 6) is -0.248. The van der Waals surface area contributed by atoms with E-state index in [0.29, 0.717) is 22.5 Å². The van der Waals surface area contributed by atoms with E-state index in [4.69, 9.17) is 0 Å². The summed E-state index contributed by atoms with van der Waals surface area (Å²) >= 11 is 0. The molecule has 0 radical (unpaired) electrons. The summed E-state index contributed by atoms with van der Waals surface area (Å²) in [6.45, 7) is 6.96. The number of hydrogen-bond acceptors (Lipinski definition) is 4. The van der Waals surface area contributed by atoms with Gasteiger partial charge in [-0.25, -0.2) is 0 Å². The summed E-state index contributed by atoms with van der Waals surface area (Å²) in [4.78, 5) is 42.3. The number of H-pyrrole nitrogens is 1. The van der Waals surface area contributed by atoms with Gasteiger partial charge in [-0.2, -0.15) is 0 Å². The van der Waals surface area contributed by atoms with Crippen LogP contribution in [0.1, 0.15) is 46.0 Å². The maximum atomic E-state index is 12.6. The molecule has 0 aliphatic carbocycles. The quantitative estimate of drug-likeness (QED) is 0.807. The Morgan fingerprint density at radius 1 is 1.14 bits per heavy atom. The molecule has 0 fully saturated rings. The van der Waals surface area contributed by atoms with Crippen molar-refractivity contribution in [3.8, 4) is 0 Å². The Morgan fingerprint density at radius 2 is 1.68 bits per heavy atom. The predicted molar refractivity (Wildman–Crippen MR) is 85.4 cm³/mol. The molecule has 6 heteroatoms. The van der Waals surface area contributed by atoms with E-state index in [1.165, 1.54) is 11.8 Å². The molecule has 1 aromatic heterocycles. The average molecular weight is 307 g/mol. The van der Waals surface area contributed by atoms with Crippen molar-refractivity contribution in [3.05, 3.63) is 22.5 Å². The van der Waals surface area contributed by atoms with E-state index in [9.17, 15) is 14.4 Å². The number of aryl methyl sites for hydroxylation is 1. The summed E-state index contributed by atoms with van der Waals surface area (Å²) in [5.41, 5.74) is 2.39. The molecule has 1 N–H and O–H groups in total. The maximum Gasteiger partial charge on any atom is 0.236 e. The van der Waals surface area contributed by atoms with Crippen molar-refractivity contribution in [3.63, 3.8) is 0 Å². The van der Waals surface area contributed by atoms with Crippen molar-refractivity contribution in [1.82, 2.24) is 14.8 Å². The SMILES string of the molecule is CC(=O)c1c(C)[nH]c(C(=O)[C@@H](C)N(C)CC(=O)N(C)C)c1C. The van der Waals surface area contributed by atoms with Gasteiger partial charge in [-0.1, -0.05) is 0 Å². The van der Waals surface area contributed by atoms with E-state index in [0.717, 1.165) is 0 Å². The van der Waals surface area contributed by atoms with Gasteiger partial charge in [-0.15, -0.1) is 0 Å². The van der Waals surface area contributed by atoms with Crippen LogP contribution in [0.25, 0.3) is 0 Å². The highest BCUT2D eigenvalue weighted by Gasteiger charge is 2.26. The lowest BCUT2D eigenvalue weighted by Crippen LogP contribution is -2.42. The predicted octanol–water partition coefficient (Wildman–Crippen LogP) is 1.43. The fraction of sp³-hybridized carbons (Fsp3) is 0.562. The molecule has 0 aliphatic heterocycles. The topological polar surface area (TPSA) is 73.5 Å². The number of rotatable bonds is 6. The minimum atomic E-state index is -0.458. The van der Waals surface area contributed by atoms with Crippen molar-refractivity contribution in [2.24, 2.45) is 0 Å². The van der Waals surface area contributed by atoms with Crippen LogP contribution in [-0.4, -0.2) is 66.0 Å². The normalized spacial score (nSPS) is 12.4. The molecule has 0 saturated heterocycles. The largest absolute Gasteiger partial charge is 0.355 e. The van der Waals surface area contributed by atoms with Gasteiger partial charge in [0.2, 0.25) is 5.91 Å². The van der Waals surface area contributed by atoms with Crippen LogP contribution >= 0.6 is 0 Å². The minimum Gasteiger partial charge on any atom is -0.355 e. The van der Waals surface area contributed by atoms with Gasteiger partial charge in [-0.05, 0) is 40.3 Å². The molecular weight excluding hydrogens is 282 g/mol. The molecule has 0 saturated carbocycles. The monoisotopic (exact) mass is 307 g/mol. The third-order valence-corrected chi connectivity index (χ3v) is 3.96. The van der Waals surface area contributed by atoms with Gasteiger partial charge >= 0.3 is 0 Å². The summed E-state index contributed by atoms with van der Waals surface area (Å²) < 4.78 is 0. The summed E-state index contributed by atoms with van der Waals surface area (Å²) in [5, 5.41) is 0. The lowest BCUT2D eigenvalue weighted by atomic mass is 10.0. The second-order valence-electron chi connectivity index (χ2n) is 5.92. The smallest absolute Gasteiger partial charge is 0.236 e. The number of aromatic nitrogens is 1. The molecule has 1 rings (SSSR count). The van der Waals surface area contributed by atoms with Crippen molar-refractivity contribution >= 4 is 17.5 Å². The molecule has 1 amide bonds. The van der Waals surface area contributed by atoms with E-state index in [1.54, 1.807) is 46.8 Å². The molecule has 0 aromatic carbocycles. The second-order valence-corrected chi connectivity index (χ2v) is 5.92. The van der Waals surface area contributed by atoms with Gasteiger partial charge in [0.15, 0.2) is 11.6 Å². The molecular formula is C16H25N3O3. The van der Waals surface area contributed by atoms with Crippen molar-refractivity contribution in [1.29, 1.82) is 0 Å². The number of Topliss-reactive ketones (excluding diaryl/α,β-unsaturated/α-hetero) is 2. The Balaban J connectivity index is 2.99. The molecule has 122 valence electrons. The zero-order valence-electron chi connectivity index (χ0n) is 14.4. The maximum absolute atomic E-state index is 12.6. The molecule has 22 heavy (non-hydrogen) atoms. The number of nitrogens with zero attached hydrogens (tertiary/aromatic N) is 2. The van der Waals surface area contributed by atoms with Crippen LogP contribution in [0.15, 0.2) is 0 Å². The number of ketones is 2. The number of carbonyl (C=O) groups is 3. The van der Waals surface area contributed by atoms with Gasteiger partial charge in [0, 0.05) is 25.4 Å². The van der Waals surface area contributed by atoms with E-state index >= 15 is 0 Å². The number of hydrogen-bond donors (Lipinski definition) is 1. The third kappa shape index (κ3) is 3.62. The zero-order valence-corrected chi connectivity index (χ0v) is 14.4. The Morgan fingerprint density at radius 3 is 2.09 bits per heavy atom. The van der Waals surface area contributed by atoms with E-state index in [-0.39, 0.29) is 24.0 Å². The van der Waals surface area contributed by atoms with Crippen molar-refractivity contribution < 1.29 is 14.4 Å². The number of aromatic amines is 1. The van der Waals surface area contributed by atoms with Gasteiger partial charge < -0.3 is 9.88 Å². The highest BCUT2D eigenvalue weighted by atomic mass is 16.2. The summed E-state index contributed by atoms with van der Waals surface area (Å²) in [6, 6.07) is -0.458. The number of amides is 1. The van der Waals surface area contributed by atoms with E-state index < -0.39 is 6.04 Å². The van der Waals surface area contributed by atoms with Gasteiger partial charge in [-0.3, -0.25) is 19.3 Å². The van der Waals surface area contributed by atoms with Crippen LogP contribution in [0.3, 0.4) is 0 Å². The Kier molecular flexibility index (Phi) is 5.65. The highest BCUT2D eigenvalue weighted by molar-refractivity contribution is 6.05. The molecule has 1 heterocycles. The van der Waals surface area contributed by atoms with Crippen LogP contribution in [0, 0.1) is 13.8 Å². The van der Waals surface area contributed by atoms with E-state index in [2.05, 4.69) is 4.98 Å². The number of nitrogens with one attached hydrogen (secondary N) is 1. The fourth-order valence-corrected chi connectivity index (χ4v) is 2.43. The van der Waals surface area contributed by atoms with Crippen LogP contribution in [0.4, 0.5) is 0 Å². The minimum absolute atomic E-state index is 0.0610. The molecule has 0 unspecified atom stereocenters. The van der Waals surface area contributed by atoms with Gasteiger partial charge in [0.1, 0.15) is 0 Å². The Bertz CT molecular complexity index is 602. The van der Waals surface area contributed by atoms with Gasteiger partial charge in [0.25, 0.3) is 0 Å². The first-order valence-electron chi connectivity index (χ1n) is 7.22. The lowest BCUT2D eigenvalue weighted by Gasteiger charge is -2.24. The zero-order chi connectivity index (χ0) is 17.2. The standard InChI is InChI=1S/C16H25N3O3/c1-9-14(12(4)20)10(2)17-15(9)16(22)11(3)19(7)8-13(21)18(5)6/h11,17H,8H2,1-7H3/t11-/m1/s1. The summed E-state index contributed by atoms with van der Waals surface area (Å²) in [7, 11) is 5.10. The summed E-state index contributed by atoms with van der Waals surface area (Å²) in [6.07, 6.45) is 0. The van der Waals surface area contributed by atoms with Crippen LogP contribution in [-0.2, 0) is 4.79 Å². The molecule has 6 nitrogen and oxygen atoms in total. The van der Waals surface area contributed by atoms with Crippen molar-refractivity contribution in [2.75, 3.05) is 27.7 Å². The van der Waals surface area contributed by atoms with Crippen LogP contribution in [0.2, 0.25) is 0 Å². The number of likely N-dealkylation sites (N-methyl/N-ethyl adjacent to an activating group) is 2. The van der Waals surface area contributed by atoms with Crippen molar-refractivity contribution in [2.45, 2.75) is 33.7 Å². The third-order valence-electron chi connectivity index (χ3n) is 3.96. The molecule has 0 spiro atoms.